The molecule has 6 heteroatoms. The van der Waals surface area contributed by atoms with Crippen LogP contribution in [0.2, 0.25) is 0 Å². The Morgan fingerprint density at radius 2 is 1.55 bits per heavy atom. The summed E-state index contributed by atoms with van der Waals surface area (Å²) in [6.07, 6.45) is 6.22. The SMILES string of the molecule is Cc1cc(C)c(-c2cc(Oc3[c-]c4c(cc3C)c3cc(C(C)(C)C)cc5c3n4-c3ncccc3C5(C)C)[c-]c(C3=N[C@]4(C)CCCC[C@]4(C)O3)c2)c(C)c1.[Pt+2]. The molecule has 4 heterocycles. The average Bonchev–Trinajstić information content (AvgIpc) is 3.57. The molecule has 0 N–H and O–H groups in total. The third-order valence-electron chi connectivity index (χ3n) is 12.9. The smallest absolute Gasteiger partial charge is 0.512 e. The number of ether oxygens (including phenoxy) is 2. The van der Waals surface area contributed by atoms with E-state index >= 15 is 0 Å². The molecule has 0 bridgehead atoms. The van der Waals surface area contributed by atoms with Gasteiger partial charge in [-0.3, -0.25) is 4.99 Å². The first-order valence-corrected chi connectivity index (χ1v) is 19.6. The number of fused-ring (bicyclic) bond motifs is 6. The Hall–Kier alpha value is -4.21. The summed E-state index contributed by atoms with van der Waals surface area (Å²) in [6.45, 7) is 24.7. The maximum Gasteiger partial charge on any atom is 2.00 e. The summed E-state index contributed by atoms with van der Waals surface area (Å²) in [6, 6.07) is 27.6. The Balaban J connectivity index is 0.00000427. The van der Waals surface area contributed by atoms with Crippen molar-refractivity contribution in [3.63, 3.8) is 0 Å². The molecule has 2 atom stereocenters. The molecular weight excluding hydrogens is 858 g/mol. The Kier molecular flexibility index (Phi) is 8.67. The molecule has 6 aromatic rings. The van der Waals surface area contributed by atoms with Gasteiger partial charge >= 0.3 is 21.1 Å². The van der Waals surface area contributed by atoms with Crippen LogP contribution in [0.25, 0.3) is 38.8 Å². The second-order valence-electron chi connectivity index (χ2n) is 18.3. The van der Waals surface area contributed by atoms with E-state index in [1.165, 1.54) is 49.8 Å². The number of nitrogens with zero attached hydrogens (tertiary/aromatic N) is 3. The number of hydrogen-bond donors (Lipinski definition) is 0. The molecule has 3 aliphatic rings. The largest absolute Gasteiger partial charge is 2.00 e. The van der Waals surface area contributed by atoms with Crippen molar-refractivity contribution >= 4 is 27.7 Å². The first-order valence-electron chi connectivity index (χ1n) is 19.6. The molecule has 9 rings (SSSR count). The monoisotopic (exact) mass is 908 g/mol. The van der Waals surface area contributed by atoms with E-state index in [2.05, 4.69) is 147 Å². The van der Waals surface area contributed by atoms with Crippen LogP contribution in [0, 0.1) is 39.8 Å². The third-order valence-corrected chi connectivity index (χ3v) is 12.9. The average molecular weight is 909 g/mol. The zero-order chi connectivity index (χ0) is 38.1. The van der Waals surface area contributed by atoms with Crippen LogP contribution in [-0.4, -0.2) is 26.6 Å². The fourth-order valence-corrected chi connectivity index (χ4v) is 9.61. The minimum Gasteiger partial charge on any atom is -0.512 e. The van der Waals surface area contributed by atoms with E-state index in [1.54, 1.807) is 0 Å². The normalized spacial score (nSPS) is 21.1. The predicted octanol–water partition coefficient (Wildman–Crippen LogP) is 12.3. The van der Waals surface area contributed by atoms with Crippen LogP contribution < -0.4 is 4.74 Å². The molecule has 2 aliphatic heterocycles. The second-order valence-corrected chi connectivity index (χ2v) is 18.3. The molecule has 55 heavy (non-hydrogen) atoms. The summed E-state index contributed by atoms with van der Waals surface area (Å²) in [5.74, 6) is 2.88. The maximum atomic E-state index is 6.95. The van der Waals surface area contributed by atoms with E-state index < -0.39 is 0 Å². The van der Waals surface area contributed by atoms with Crippen LogP contribution in [-0.2, 0) is 36.6 Å². The molecule has 4 aromatic carbocycles. The molecule has 5 nitrogen and oxygen atoms in total. The molecule has 1 saturated carbocycles. The van der Waals surface area contributed by atoms with E-state index in [1.807, 2.05) is 6.20 Å². The minimum absolute atomic E-state index is 0. The summed E-state index contributed by atoms with van der Waals surface area (Å²) < 4.78 is 16.1. The predicted molar refractivity (Wildman–Crippen MR) is 221 cm³/mol. The van der Waals surface area contributed by atoms with Crippen LogP contribution in [0.4, 0.5) is 0 Å². The van der Waals surface area contributed by atoms with Gasteiger partial charge in [-0.15, -0.1) is 23.1 Å². The standard InChI is InChI=1S/C49H51N3O2.Pt/c1-28-19-30(3)42(31(4)20-28)32-22-33(45-51-48(10)16-12-13-17-49(48,11)54-45)24-35(23-32)53-41-27-40-36(21-29(41)2)37-25-34(46(5,6)7)26-39-43(37)52(40)44-38(47(39,8)9)15-14-18-50-44;/h14-15,18-23,25-26H,12-13,16-17H2,1-11H3;/q-2;+2/t48-,49+;/m1./s1. The molecule has 0 saturated heterocycles. The van der Waals surface area contributed by atoms with Crippen molar-refractivity contribution in [1.29, 1.82) is 0 Å². The molecule has 0 spiro atoms. The van der Waals surface area contributed by atoms with Gasteiger partial charge in [0, 0.05) is 34.2 Å². The number of hydrogen-bond acceptors (Lipinski definition) is 4. The molecule has 2 aromatic heterocycles. The van der Waals surface area contributed by atoms with Gasteiger partial charge in [-0.2, -0.15) is 6.07 Å². The van der Waals surface area contributed by atoms with Crippen molar-refractivity contribution in [1.82, 2.24) is 9.55 Å². The topological polar surface area (TPSA) is 48.6 Å². The van der Waals surface area contributed by atoms with E-state index in [4.69, 9.17) is 19.5 Å². The first kappa shape index (κ1) is 37.7. The number of rotatable bonds is 4. The summed E-state index contributed by atoms with van der Waals surface area (Å²) in [4.78, 5) is 10.3. The number of aromatic nitrogens is 2. The van der Waals surface area contributed by atoms with Crippen molar-refractivity contribution < 1.29 is 30.5 Å². The van der Waals surface area contributed by atoms with Crippen molar-refractivity contribution in [3.05, 3.63) is 117 Å². The zero-order valence-corrected chi connectivity index (χ0v) is 36.3. The van der Waals surface area contributed by atoms with Gasteiger partial charge < -0.3 is 14.0 Å². The van der Waals surface area contributed by atoms with Gasteiger partial charge in [-0.05, 0) is 98.6 Å². The van der Waals surface area contributed by atoms with E-state index in [-0.39, 0.29) is 43.0 Å². The van der Waals surface area contributed by atoms with Gasteiger partial charge in [-0.25, -0.2) is 4.98 Å². The summed E-state index contributed by atoms with van der Waals surface area (Å²) in [7, 11) is 0. The fourth-order valence-electron chi connectivity index (χ4n) is 9.61. The van der Waals surface area contributed by atoms with Gasteiger partial charge in [0.1, 0.15) is 17.3 Å². The van der Waals surface area contributed by atoms with Crippen molar-refractivity contribution in [2.45, 2.75) is 124 Å². The fraction of sp³-hybridized carbons (Fsp3) is 0.388. The summed E-state index contributed by atoms with van der Waals surface area (Å²) in [5, 5.41) is 2.38. The Morgan fingerprint density at radius 1 is 0.818 bits per heavy atom. The Bertz CT molecular complexity index is 2580. The van der Waals surface area contributed by atoms with Gasteiger partial charge in [0.2, 0.25) is 0 Å². The number of pyridine rings is 1. The third kappa shape index (κ3) is 5.74. The summed E-state index contributed by atoms with van der Waals surface area (Å²) in [5.41, 5.74) is 12.9. The van der Waals surface area contributed by atoms with Crippen molar-refractivity contribution in [2.75, 3.05) is 0 Å². The molecule has 0 amide bonds. The zero-order valence-electron chi connectivity index (χ0n) is 34.1. The number of benzene rings is 4. The second kappa shape index (κ2) is 12.7. The van der Waals surface area contributed by atoms with Gasteiger partial charge in [0.15, 0.2) is 0 Å². The molecular formula is C49H51N3O2Pt. The van der Waals surface area contributed by atoms with Gasteiger partial charge in [0.05, 0.1) is 5.54 Å². The van der Waals surface area contributed by atoms with Crippen LogP contribution in [0.5, 0.6) is 11.5 Å². The molecule has 0 unspecified atom stereocenters. The maximum absolute atomic E-state index is 6.95. The van der Waals surface area contributed by atoms with Crippen LogP contribution >= 0.6 is 0 Å². The van der Waals surface area contributed by atoms with Crippen LogP contribution in [0.1, 0.15) is 119 Å². The molecule has 1 aliphatic carbocycles. The van der Waals surface area contributed by atoms with Gasteiger partial charge in [-0.1, -0.05) is 113 Å². The quantitative estimate of drug-likeness (QED) is 0.166. The molecule has 0 radical (unpaired) electrons. The molecule has 1 fully saturated rings. The van der Waals surface area contributed by atoms with Gasteiger partial charge in [0.25, 0.3) is 0 Å². The van der Waals surface area contributed by atoms with Crippen LogP contribution in [0.15, 0.2) is 65.8 Å². The van der Waals surface area contributed by atoms with E-state index in [0.717, 1.165) is 59.1 Å². The minimum atomic E-state index is -0.334. The van der Waals surface area contributed by atoms with E-state index in [0.29, 0.717) is 17.4 Å². The van der Waals surface area contributed by atoms with Crippen molar-refractivity contribution in [2.24, 2.45) is 4.99 Å². The first-order chi connectivity index (χ1) is 25.5. The van der Waals surface area contributed by atoms with E-state index in [9.17, 15) is 0 Å². The summed E-state index contributed by atoms with van der Waals surface area (Å²) >= 11 is 0. The van der Waals surface area contributed by atoms with Crippen LogP contribution in [0.3, 0.4) is 0 Å². The number of aryl methyl sites for hydroxylation is 4. The molecule has 284 valence electrons. The van der Waals surface area contributed by atoms with Crippen molar-refractivity contribution in [3.8, 4) is 28.4 Å². The Labute approximate surface area is 340 Å². The Morgan fingerprint density at radius 3 is 2.25 bits per heavy atom. The number of aliphatic imine (C=N–C) groups is 1.